The number of carbonyl (C=O) groups is 1. The van der Waals surface area contributed by atoms with Crippen LogP contribution in [0.25, 0.3) is 0 Å². The average molecular weight is 260 g/mol. The van der Waals surface area contributed by atoms with Gasteiger partial charge in [0.05, 0.1) is 0 Å². The number of anilines is 2. The SMILES string of the molecule is C=CCNc1nc(N)c(C(=O)c2cccnc2)s1. The van der Waals surface area contributed by atoms with Crippen LogP contribution in [0.5, 0.6) is 0 Å². The molecule has 0 fully saturated rings. The minimum absolute atomic E-state index is 0.162. The van der Waals surface area contributed by atoms with E-state index in [1.807, 2.05) is 0 Å². The zero-order valence-electron chi connectivity index (χ0n) is 9.59. The van der Waals surface area contributed by atoms with Crippen molar-refractivity contribution in [2.45, 2.75) is 0 Å². The van der Waals surface area contributed by atoms with Gasteiger partial charge < -0.3 is 11.1 Å². The smallest absolute Gasteiger partial charge is 0.208 e. The molecule has 0 saturated heterocycles. The number of nitrogen functional groups attached to an aromatic ring is 1. The summed E-state index contributed by atoms with van der Waals surface area (Å²) in [6.45, 7) is 4.17. The number of hydrogen-bond donors (Lipinski definition) is 2. The van der Waals surface area contributed by atoms with E-state index in [0.717, 1.165) is 0 Å². The molecule has 92 valence electrons. The number of carbonyl (C=O) groups excluding carboxylic acids is 1. The Morgan fingerprint density at radius 3 is 3.11 bits per heavy atom. The van der Waals surface area contributed by atoms with E-state index in [9.17, 15) is 4.79 Å². The number of aromatic nitrogens is 2. The third kappa shape index (κ3) is 2.54. The van der Waals surface area contributed by atoms with Gasteiger partial charge in [-0.15, -0.1) is 6.58 Å². The van der Waals surface area contributed by atoms with Gasteiger partial charge in [-0.05, 0) is 12.1 Å². The van der Waals surface area contributed by atoms with Crippen molar-refractivity contribution in [3.8, 4) is 0 Å². The molecule has 2 heterocycles. The predicted octanol–water partition coefficient (Wildman–Crippen LogP) is 1.95. The zero-order valence-corrected chi connectivity index (χ0v) is 10.4. The van der Waals surface area contributed by atoms with Crippen LogP contribution in [0.15, 0.2) is 37.2 Å². The molecule has 0 unspecified atom stereocenters. The summed E-state index contributed by atoms with van der Waals surface area (Å²) in [4.78, 5) is 20.6. The molecule has 0 aliphatic rings. The van der Waals surface area contributed by atoms with Crippen LogP contribution in [0.2, 0.25) is 0 Å². The maximum atomic E-state index is 12.2. The summed E-state index contributed by atoms with van der Waals surface area (Å²) in [7, 11) is 0. The summed E-state index contributed by atoms with van der Waals surface area (Å²) < 4.78 is 0. The third-order valence-electron chi connectivity index (χ3n) is 2.18. The first-order chi connectivity index (χ1) is 8.72. The second kappa shape index (κ2) is 5.42. The first kappa shape index (κ1) is 12.3. The van der Waals surface area contributed by atoms with Crippen molar-refractivity contribution in [3.63, 3.8) is 0 Å². The van der Waals surface area contributed by atoms with Crippen molar-refractivity contribution in [2.24, 2.45) is 0 Å². The van der Waals surface area contributed by atoms with Crippen molar-refractivity contribution in [3.05, 3.63) is 47.6 Å². The summed E-state index contributed by atoms with van der Waals surface area (Å²) in [6, 6.07) is 3.41. The van der Waals surface area contributed by atoms with Gasteiger partial charge in [0.1, 0.15) is 10.7 Å². The monoisotopic (exact) mass is 260 g/mol. The predicted molar refractivity (Wildman–Crippen MR) is 72.9 cm³/mol. The highest BCUT2D eigenvalue weighted by molar-refractivity contribution is 7.18. The quantitative estimate of drug-likeness (QED) is 0.634. The number of rotatable bonds is 5. The van der Waals surface area contributed by atoms with E-state index >= 15 is 0 Å². The van der Waals surface area contributed by atoms with Crippen molar-refractivity contribution in [1.29, 1.82) is 0 Å². The van der Waals surface area contributed by atoms with Gasteiger partial charge in [-0.25, -0.2) is 4.98 Å². The number of pyridine rings is 1. The van der Waals surface area contributed by atoms with E-state index in [2.05, 4.69) is 21.9 Å². The second-order valence-corrected chi connectivity index (χ2v) is 4.47. The highest BCUT2D eigenvalue weighted by Crippen LogP contribution is 2.27. The van der Waals surface area contributed by atoms with Gasteiger partial charge in [0.2, 0.25) is 5.78 Å². The topological polar surface area (TPSA) is 80.9 Å². The van der Waals surface area contributed by atoms with E-state index in [1.165, 1.54) is 17.5 Å². The first-order valence-corrected chi connectivity index (χ1v) is 6.10. The van der Waals surface area contributed by atoms with Crippen LogP contribution >= 0.6 is 11.3 Å². The summed E-state index contributed by atoms with van der Waals surface area (Å²) in [5.41, 5.74) is 6.25. The van der Waals surface area contributed by atoms with Gasteiger partial charge in [-0.2, -0.15) is 0 Å². The van der Waals surface area contributed by atoms with Gasteiger partial charge in [-0.3, -0.25) is 9.78 Å². The van der Waals surface area contributed by atoms with Crippen molar-refractivity contribution >= 4 is 28.1 Å². The molecule has 3 N–H and O–H groups in total. The summed E-state index contributed by atoms with van der Waals surface area (Å²) >= 11 is 1.23. The standard InChI is InChI=1S/C12H12N4OS/c1-2-5-15-12-16-11(13)10(18-12)9(17)8-4-3-6-14-7-8/h2-4,6-7H,1,5,13H2,(H,15,16). The molecule has 0 radical (unpaired) electrons. The first-order valence-electron chi connectivity index (χ1n) is 5.28. The fraction of sp³-hybridized carbons (Fsp3) is 0.0833. The van der Waals surface area contributed by atoms with Crippen molar-refractivity contribution < 1.29 is 4.79 Å². The van der Waals surface area contributed by atoms with E-state index in [-0.39, 0.29) is 11.6 Å². The lowest BCUT2D eigenvalue weighted by Crippen LogP contribution is -2.02. The molecule has 2 aromatic heterocycles. The van der Waals surface area contributed by atoms with E-state index in [4.69, 9.17) is 5.73 Å². The molecule has 0 aromatic carbocycles. The van der Waals surface area contributed by atoms with E-state index in [0.29, 0.717) is 22.1 Å². The molecule has 0 amide bonds. The molecule has 0 saturated carbocycles. The van der Waals surface area contributed by atoms with Gasteiger partial charge in [0.25, 0.3) is 0 Å². The third-order valence-corrected chi connectivity index (χ3v) is 3.21. The molecule has 0 spiro atoms. The Kier molecular flexibility index (Phi) is 3.69. The minimum Gasteiger partial charge on any atom is -0.382 e. The zero-order chi connectivity index (χ0) is 13.0. The van der Waals surface area contributed by atoms with Crippen molar-refractivity contribution in [1.82, 2.24) is 9.97 Å². The summed E-state index contributed by atoms with van der Waals surface area (Å²) in [6.07, 6.45) is 4.84. The molecule has 6 heteroatoms. The molecule has 0 bridgehead atoms. The fourth-order valence-corrected chi connectivity index (χ4v) is 2.21. The van der Waals surface area contributed by atoms with Crippen molar-refractivity contribution in [2.75, 3.05) is 17.6 Å². The van der Waals surface area contributed by atoms with Crippen LogP contribution in [0.4, 0.5) is 10.9 Å². The van der Waals surface area contributed by atoms with Crippen LogP contribution in [0.1, 0.15) is 15.2 Å². The van der Waals surface area contributed by atoms with E-state index in [1.54, 1.807) is 24.4 Å². The summed E-state index contributed by atoms with van der Waals surface area (Å²) in [5.74, 6) is 0.0742. The van der Waals surface area contributed by atoms with Gasteiger partial charge in [0, 0.05) is 24.5 Å². The van der Waals surface area contributed by atoms with Crippen LogP contribution < -0.4 is 11.1 Å². The van der Waals surface area contributed by atoms with E-state index < -0.39 is 0 Å². The van der Waals surface area contributed by atoms with Gasteiger partial charge >= 0.3 is 0 Å². The number of ketones is 1. The molecule has 2 aromatic rings. The Morgan fingerprint density at radius 1 is 1.61 bits per heavy atom. The molecule has 5 nitrogen and oxygen atoms in total. The largest absolute Gasteiger partial charge is 0.382 e. The van der Waals surface area contributed by atoms with Gasteiger partial charge in [-0.1, -0.05) is 17.4 Å². The second-order valence-electron chi connectivity index (χ2n) is 3.47. The Hall–Kier alpha value is -2.21. The Morgan fingerprint density at radius 2 is 2.44 bits per heavy atom. The fourth-order valence-electron chi connectivity index (χ4n) is 1.36. The molecular weight excluding hydrogens is 248 g/mol. The number of nitrogens with one attached hydrogen (secondary N) is 1. The Bertz CT molecular complexity index is 565. The maximum Gasteiger partial charge on any atom is 0.208 e. The normalized spacial score (nSPS) is 10.0. The highest BCUT2D eigenvalue weighted by Gasteiger charge is 2.17. The maximum absolute atomic E-state index is 12.2. The van der Waals surface area contributed by atoms with Crippen LogP contribution in [-0.2, 0) is 0 Å². The molecule has 0 aliphatic carbocycles. The average Bonchev–Trinajstić information content (AvgIpc) is 2.78. The van der Waals surface area contributed by atoms with Crippen LogP contribution in [0.3, 0.4) is 0 Å². The number of nitrogens with zero attached hydrogens (tertiary/aromatic N) is 2. The Balaban J connectivity index is 2.25. The highest BCUT2D eigenvalue weighted by atomic mass is 32.1. The molecule has 18 heavy (non-hydrogen) atoms. The van der Waals surface area contributed by atoms with Crippen LogP contribution in [0, 0.1) is 0 Å². The lowest BCUT2D eigenvalue weighted by Gasteiger charge is -1.97. The molecule has 2 rings (SSSR count). The molecular formula is C12H12N4OS. The number of nitrogens with two attached hydrogens (primary N) is 1. The number of thiazole rings is 1. The minimum atomic E-state index is -0.162. The van der Waals surface area contributed by atoms with Gasteiger partial charge in [0.15, 0.2) is 5.13 Å². The molecule has 0 aliphatic heterocycles. The Labute approximate surface area is 108 Å². The van der Waals surface area contributed by atoms with Crippen LogP contribution in [-0.4, -0.2) is 22.3 Å². The lowest BCUT2D eigenvalue weighted by atomic mass is 10.2. The lowest BCUT2D eigenvalue weighted by molar-refractivity contribution is 0.104. The summed E-state index contributed by atoms with van der Waals surface area (Å²) in [5, 5.41) is 3.61. The molecule has 0 atom stereocenters. The number of hydrogen-bond acceptors (Lipinski definition) is 6.